The van der Waals surface area contributed by atoms with Crippen LogP contribution in [0.15, 0.2) is 34.8 Å². The minimum atomic E-state index is -2.92. The van der Waals surface area contributed by atoms with Gasteiger partial charge in [0.2, 0.25) is 5.91 Å². The summed E-state index contributed by atoms with van der Waals surface area (Å²) in [6.07, 6.45) is -0.341. The molecule has 1 atom stereocenters. The van der Waals surface area contributed by atoms with Gasteiger partial charge in [-0.15, -0.1) is 0 Å². The number of hydrogen-bond acceptors (Lipinski definition) is 6. The molecule has 0 spiro atoms. The molecule has 2 aliphatic heterocycles. The van der Waals surface area contributed by atoms with E-state index < -0.39 is 12.7 Å². The minimum absolute atomic E-state index is 0.00124. The molecular weight excluding hydrogens is 412 g/mol. The molecule has 30 heavy (non-hydrogen) atoms. The van der Waals surface area contributed by atoms with E-state index in [0.29, 0.717) is 29.0 Å². The standard InChI is InChI=1S/C21H27F2N3O3S/c1-12(2)25-16-8-17(19(27)26-21(3)10-30-11-21)28-9-15(16)18(24)13-5-4-6-14(7-13)29-20(22)23/h4-7,12,17,20H,8-11,24H2,1-3H3,(H,26,27)/b18-15-,25-16?. The summed E-state index contributed by atoms with van der Waals surface area (Å²) in [5, 5.41) is 3.06. The number of nitrogens with two attached hydrogens (primary N) is 1. The van der Waals surface area contributed by atoms with Crippen molar-refractivity contribution in [3.8, 4) is 5.75 Å². The fourth-order valence-electron chi connectivity index (χ4n) is 3.34. The van der Waals surface area contributed by atoms with Crippen molar-refractivity contribution in [1.29, 1.82) is 0 Å². The first-order valence-corrected chi connectivity index (χ1v) is 10.9. The predicted octanol–water partition coefficient (Wildman–Crippen LogP) is 3.22. The normalized spacial score (nSPS) is 24.0. The third-order valence-electron chi connectivity index (χ3n) is 4.82. The zero-order valence-electron chi connectivity index (χ0n) is 17.3. The van der Waals surface area contributed by atoms with Gasteiger partial charge in [0.05, 0.1) is 12.1 Å². The van der Waals surface area contributed by atoms with Crippen LogP contribution >= 0.6 is 11.8 Å². The summed E-state index contributed by atoms with van der Waals surface area (Å²) in [4.78, 5) is 17.4. The maximum absolute atomic E-state index is 12.7. The van der Waals surface area contributed by atoms with Gasteiger partial charge in [-0.25, -0.2) is 0 Å². The Morgan fingerprint density at radius 2 is 2.13 bits per heavy atom. The molecular formula is C21H27F2N3O3S. The van der Waals surface area contributed by atoms with Gasteiger partial charge in [-0.1, -0.05) is 12.1 Å². The van der Waals surface area contributed by atoms with Crippen LogP contribution in [-0.2, 0) is 9.53 Å². The molecule has 0 aromatic heterocycles. The largest absolute Gasteiger partial charge is 0.435 e. The quantitative estimate of drug-likeness (QED) is 0.711. The summed E-state index contributed by atoms with van der Waals surface area (Å²) in [5.74, 6) is 1.63. The number of nitrogens with zero attached hydrogens (tertiary/aromatic N) is 1. The lowest BCUT2D eigenvalue weighted by Crippen LogP contribution is -2.58. The van der Waals surface area contributed by atoms with Gasteiger partial charge in [0, 0.05) is 46.5 Å². The van der Waals surface area contributed by atoms with Gasteiger partial charge in [-0.2, -0.15) is 20.5 Å². The molecule has 1 aromatic carbocycles. The van der Waals surface area contributed by atoms with E-state index in [9.17, 15) is 13.6 Å². The van der Waals surface area contributed by atoms with Crippen LogP contribution in [0.3, 0.4) is 0 Å². The van der Waals surface area contributed by atoms with Crippen molar-refractivity contribution >= 4 is 29.1 Å². The number of hydrogen-bond donors (Lipinski definition) is 2. The Morgan fingerprint density at radius 3 is 2.73 bits per heavy atom. The molecule has 6 nitrogen and oxygen atoms in total. The minimum Gasteiger partial charge on any atom is -0.435 e. The number of rotatable bonds is 6. The van der Waals surface area contributed by atoms with Crippen molar-refractivity contribution in [2.45, 2.75) is 51.5 Å². The molecule has 2 saturated heterocycles. The molecule has 0 bridgehead atoms. The summed E-state index contributed by atoms with van der Waals surface area (Å²) in [7, 11) is 0. The molecule has 1 unspecified atom stereocenters. The molecule has 2 fully saturated rings. The maximum Gasteiger partial charge on any atom is 0.387 e. The Hall–Kier alpha value is -2.13. The van der Waals surface area contributed by atoms with Crippen LogP contribution in [0.1, 0.15) is 32.8 Å². The molecule has 3 rings (SSSR count). The maximum atomic E-state index is 12.7. The zero-order valence-corrected chi connectivity index (χ0v) is 18.1. The Morgan fingerprint density at radius 1 is 1.40 bits per heavy atom. The molecule has 9 heteroatoms. The smallest absolute Gasteiger partial charge is 0.387 e. The van der Waals surface area contributed by atoms with E-state index >= 15 is 0 Å². The SMILES string of the molecule is CC(C)N=C1CC(C(=O)NC2(C)CSC2)OC/C1=C(/N)c1cccc(OC(F)F)c1. The summed E-state index contributed by atoms with van der Waals surface area (Å²) < 4.78 is 35.4. The highest BCUT2D eigenvalue weighted by Gasteiger charge is 2.38. The molecule has 2 heterocycles. The second kappa shape index (κ2) is 9.34. The highest BCUT2D eigenvalue weighted by molar-refractivity contribution is 8.00. The second-order valence-electron chi connectivity index (χ2n) is 8.01. The number of ether oxygens (including phenoxy) is 2. The van der Waals surface area contributed by atoms with Crippen LogP contribution in [0, 0.1) is 0 Å². The highest BCUT2D eigenvalue weighted by atomic mass is 32.2. The zero-order chi connectivity index (χ0) is 21.9. The van der Waals surface area contributed by atoms with Crippen molar-refractivity contribution in [2.75, 3.05) is 18.1 Å². The van der Waals surface area contributed by atoms with Crippen LogP contribution < -0.4 is 15.8 Å². The van der Waals surface area contributed by atoms with Gasteiger partial charge >= 0.3 is 6.61 Å². The van der Waals surface area contributed by atoms with Crippen molar-refractivity contribution < 1.29 is 23.0 Å². The molecule has 0 aliphatic carbocycles. The van der Waals surface area contributed by atoms with Crippen LogP contribution in [0.25, 0.3) is 5.70 Å². The van der Waals surface area contributed by atoms with E-state index in [1.807, 2.05) is 20.8 Å². The number of amides is 1. The van der Waals surface area contributed by atoms with Crippen LogP contribution in [0.5, 0.6) is 5.75 Å². The predicted molar refractivity (Wildman–Crippen MR) is 115 cm³/mol. The average Bonchev–Trinajstić information content (AvgIpc) is 2.65. The Kier molecular flexibility index (Phi) is 7.02. The van der Waals surface area contributed by atoms with E-state index in [-0.39, 0.29) is 29.8 Å². The number of nitrogens with one attached hydrogen (secondary N) is 1. The monoisotopic (exact) mass is 439 g/mol. The highest BCUT2D eigenvalue weighted by Crippen LogP contribution is 2.30. The Bertz CT molecular complexity index is 854. The van der Waals surface area contributed by atoms with E-state index in [2.05, 4.69) is 15.0 Å². The number of aliphatic imine (C=N–C) groups is 1. The summed E-state index contributed by atoms with van der Waals surface area (Å²) >= 11 is 1.79. The molecule has 3 N–H and O–H groups in total. The molecule has 0 radical (unpaired) electrons. The number of carbonyl (C=O) groups excluding carboxylic acids is 1. The number of halogens is 2. The lowest BCUT2D eigenvalue weighted by Gasteiger charge is -2.40. The van der Waals surface area contributed by atoms with Gasteiger partial charge in [-0.05, 0) is 32.9 Å². The lowest BCUT2D eigenvalue weighted by molar-refractivity contribution is -0.133. The van der Waals surface area contributed by atoms with Crippen molar-refractivity contribution in [3.63, 3.8) is 0 Å². The summed E-state index contributed by atoms with van der Waals surface area (Å²) in [6, 6.07) is 6.19. The topological polar surface area (TPSA) is 85.9 Å². The van der Waals surface area contributed by atoms with Crippen molar-refractivity contribution in [3.05, 3.63) is 35.4 Å². The van der Waals surface area contributed by atoms with E-state index in [1.54, 1.807) is 23.9 Å². The second-order valence-corrected chi connectivity index (χ2v) is 9.00. The number of thioether (sulfide) groups is 1. The van der Waals surface area contributed by atoms with E-state index in [0.717, 1.165) is 11.5 Å². The number of carbonyl (C=O) groups is 1. The number of benzene rings is 1. The van der Waals surface area contributed by atoms with Gasteiger partial charge < -0.3 is 20.5 Å². The van der Waals surface area contributed by atoms with Gasteiger partial charge in [0.25, 0.3) is 0 Å². The van der Waals surface area contributed by atoms with E-state index in [4.69, 9.17) is 10.5 Å². The molecule has 164 valence electrons. The van der Waals surface area contributed by atoms with Crippen molar-refractivity contribution in [1.82, 2.24) is 5.32 Å². The third-order valence-corrected chi connectivity index (χ3v) is 6.51. The summed E-state index contributed by atoms with van der Waals surface area (Å²) in [6.45, 7) is 3.09. The van der Waals surface area contributed by atoms with Gasteiger partial charge in [0.15, 0.2) is 0 Å². The number of alkyl halides is 2. The first-order valence-electron chi connectivity index (χ1n) is 9.79. The Balaban J connectivity index is 1.83. The first kappa shape index (κ1) is 22.6. The van der Waals surface area contributed by atoms with Crippen LogP contribution in [-0.4, -0.2) is 54.0 Å². The molecule has 0 saturated carbocycles. The Labute approximate surface area is 179 Å². The van der Waals surface area contributed by atoms with Crippen LogP contribution in [0.4, 0.5) is 8.78 Å². The fraction of sp³-hybridized carbons (Fsp3) is 0.524. The molecule has 1 aromatic rings. The molecule has 2 aliphatic rings. The van der Waals surface area contributed by atoms with Crippen LogP contribution in [0.2, 0.25) is 0 Å². The first-order chi connectivity index (χ1) is 14.2. The lowest BCUT2D eigenvalue weighted by atomic mass is 9.95. The van der Waals surface area contributed by atoms with E-state index in [1.165, 1.54) is 12.1 Å². The van der Waals surface area contributed by atoms with Gasteiger partial charge in [0.1, 0.15) is 11.9 Å². The summed E-state index contributed by atoms with van der Waals surface area (Å²) in [5.41, 5.74) is 8.43. The van der Waals surface area contributed by atoms with Crippen molar-refractivity contribution in [2.24, 2.45) is 10.7 Å². The molecule has 1 amide bonds. The fourth-order valence-corrected chi connectivity index (χ4v) is 4.30. The third kappa shape index (κ3) is 5.51. The van der Waals surface area contributed by atoms with Gasteiger partial charge in [-0.3, -0.25) is 9.79 Å². The average molecular weight is 440 g/mol.